The number of aliphatic carboxylic acids is 1. The molecule has 0 saturated carbocycles. The van der Waals surface area contributed by atoms with Crippen molar-refractivity contribution >= 4 is 11.7 Å². The van der Waals surface area contributed by atoms with Crippen LogP contribution in [0, 0.1) is 17.2 Å². The molecule has 0 aliphatic carbocycles. The summed E-state index contributed by atoms with van der Waals surface area (Å²) >= 11 is 0. The van der Waals surface area contributed by atoms with Gasteiger partial charge in [0.05, 0.1) is 24.8 Å². The fourth-order valence-corrected chi connectivity index (χ4v) is 2.45. The first kappa shape index (κ1) is 20.1. The molecule has 0 bridgehead atoms. The molecule has 1 atom stereocenters. The molecule has 0 spiro atoms. The molecule has 6 heteroatoms. The Balaban J connectivity index is 2.33. The Morgan fingerprint density at radius 2 is 1.78 bits per heavy atom. The quantitative estimate of drug-likeness (QED) is 0.688. The fourth-order valence-electron chi connectivity index (χ4n) is 2.45. The lowest BCUT2D eigenvalue weighted by molar-refractivity contribution is -0.138. The van der Waals surface area contributed by atoms with E-state index >= 15 is 0 Å². The topological polar surface area (TPSA) is 91.6 Å². The van der Waals surface area contributed by atoms with Crippen LogP contribution in [0.1, 0.15) is 37.9 Å². The zero-order chi connectivity index (χ0) is 19.8. The summed E-state index contributed by atoms with van der Waals surface area (Å²) in [7, 11) is 0. The van der Waals surface area contributed by atoms with Gasteiger partial charge in [-0.3, -0.25) is 0 Å². The number of ether oxygens (including phenoxy) is 2. The average molecular weight is 368 g/mol. The summed E-state index contributed by atoms with van der Waals surface area (Å²) in [5, 5.41) is 21.6. The van der Waals surface area contributed by atoms with Crippen LogP contribution >= 0.6 is 0 Å². The number of rotatable bonds is 9. The lowest BCUT2D eigenvalue weighted by Crippen LogP contribution is -2.20. The molecule has 1 unspecified atom stereocenters. The fraction of sp³-hybridized carbons (Fsp3) is 0.333. The SMILES string of the molecule is CCOc1cc(OCC(C)C)cc(C(Nc2ccc(C#N)cc2)C(=O)O)c1. The van der Waals surface area contributed by atoms with Gasteiger partial charge in [0.15, 0.2) is 6.04 Å². The number of carboxylic acids is 1. The molecule has 6 nitrogen and oxygen atoms in total. The smallest absolute Gasteiger partial charge is 0.330 e. The van der Waals surface area contributed by atoms with E-state index < -0.39 is 12.0 Å². The highest BCUT2D eigenvalue weighted by atomic mass is 16.5. The maximum absolute atomic E-state index is 11.9. The minimum absolute atomic E-state index is 0.344. The van der Waals surface area contributed by atoms with Crippen LogP contribution < -0.4 is 14.8 Å². The molecular weight excluding hydrogens is 344 g/mol. The summed E-state index contributed by atoms with van der Waals surface area (Å²) in [6.07, 6.45) is 0. The molecule has 0 amide bonds. The summed E-state index contributed by atoms with van der Waals surface area (Å²) in [5.41, 5.74) is 1.64. The summed E-state index contributed by atoms with van der Waals surface area (Å²) in [6.45, 7) is 6.94. The zero-order valence-corrected chi connectivity index (χ0v) is 15.7. The Hall–Kier alpha value is -3.20. The summed E-state index contributed by atoms with van der Waals surface area (Å²) < 4.78 is 11.3. The summed E-state index contributed by atoms with van der Waals surface area (Å²) in [6, 6.07) is 12.8. The number of carbonyl (C=O) groups is 1. The monoisotopic (exact) mass is 368 g/mol. The number of benzene rings is 2. The lowest BCUT2D eigenvalue weighted by Gasteiger charge is -2.19. The van der Waals surface area contributed by atoms with Gasteiger partial charge in [-0.15, -0.1) is 0 Å². The standard InChI is InChI=1S/C21H24N2O4/c1-4-26-18-9-16(10-19(11-18)27-13-14(2)3)20(21(24)25)23-17-7-5-15(12-22)6-8-17/h5-11,14,20,23H,4,13H2,1-3H3,(H,24,25). The molecule has 2 N–H and O–H groups in total. The van der Waals surface area contributed by atoms with Crippen LogP contribution in [0.2, 0.25) is 0 Å². The number of nitrogens with one attached hydrogen (secondary N) is 1. The van der Waals surface area contributed by atoms with E-state index in [0.29, 0.717) is 47.4 Å². The number of hydrogen-bond acceptors (Lipinski definition) is 5. The average Bonchev–Trinajstić information content (AvgIpc) is 2.64. The second-order valence-corrected chi connectivity index (χ2v) is 6.48. The first-order valence-electron chi connectivity index (χ1n) is 8.83. The Kier molecular flexibility index (Phi) is 7.07. The largest absolute Gasteiger partial charge is 0.494 e. The van der Waals surface area contributed by atoms with Crippen LogP contribution in [0.3, 0.4) is 0 Å². The van der Waals surface area contributed by atoms with Crippen molar-refractivity contribution < 1.29 is 19.4 Å². The van der Waals surface area contributed by atoms with E-state index in [2.05, 4.69) is 5.32 Å². The molecule has 0 aromatic heterocycles. The molecule has 27 heavy (non-hydrogen) atoms. The van der Waals surface area contributed by atoms with Gasteiger partial charge < -0.3 is 19.9 Å². The molecule has 142 valence electrons. The lowest BCUT2D eigenvalue weighted by atomic mass is 10.1. The van der Waals surface area contributed by atoms with Crippen molar-refractivity contribution in [2.75, 3.05) is 18.5 Å². The van der Waals surface area contributed by atoms with Crippen LogP contribution in [0.5, 0.6) is 11.5 Å². The maximum atomic E-state index is 11.9. The van der Waals surface area contributed by atoms with Crippen molar-refractivity contribution in [2.45, 2.75) is 26.8 Å². The number of carboxylic acid groups (broad SMARTS) is 1. The van der Waals surface area contributed by atoms with E-state index in [4.69, 9.17) is 14.7 Å². The van der Waals surface area contributed by atoms with Gasteiger partial charge in [-0.2, -0.15) is 5.26 Å². The minimum atomic E-state index is -1.03. The first-order valence-corrected chi connectivity index (χ1v) is 8.83. The van der Waals surface area contributed by atoms with Crippen LogP contribution in [-0.2, 0) is 4.79 Å². The molecular formula is C21H24N2O4. The predicted octanol–water partition coefficient (Wildman–Crippen LogP) is 4.23. The number of anilines is 1. The highest BCUT2D eigenvalue weighted by molar-refractivity contribution is 5.79. The molecule has 0 aliphatic heterocycles. The number of hydrogen-bond donors (Lipinski definition) is 2. The summed E-state index contributed by atoms with van der Waals surface area (Å²) in [5.74, 6) is 0.443. The van der Waals surface area contributed by atoms with Gasteiger partial charge in [-0.25, -0.2) is 4.79 Å². The van der Waals surface area contributed by atoms with Crippen molar-refractivity contribution in [1.29, 1.82) is 5.26 Å². The first-order chi connectivity index (χ1) is 12.9. The van der Waals surface area contributed by atoms with Crippen molar-refractivity contribution in [3.05, 3.63) is 53.6 Å². The highest BCUT2D eigenvalue weighted by Crippen LogP contribution is 2.29. The Morgan fingerprint density at radius 1 is 1.15 bits per heavy atom. The van der Waals surface area contributed by atoms with E-state index in [9.17, 15) is 9.90 Å². The molecule has 0 heterocycles. The van der Waals surface area contributed by atoms with Gasteiger partial charge in [-0.05, 0) is 54.8 Å². The van der Waals surface area contributed by atoms with E-state index in [1.54, 1.807) is 42.5 Å². The molecule has 0 radical (unpaired) electrons. The second kappa shape index (κ2) is 9.48. The Bertz CT molecular complexity index is 810. The second-order valence-electron chi connectivity index (χ2n) is 6.48. The molecule has 2 rings (SSSR count). The summed E-state index contributed by atoms with van der Waals surface area (Å²) in [4.78, 5) is 11.9. The van der Waals surface area contributed by atoms with Gasteiger partial charge in [0.1, 0.15) is 11.5 Å². The van der Waals surface area contributed by atoms with Gasteiger partial charge in [0, 0.05) is 11.8 Å². The molecule has 0 saturated heterocycles. The zero-order valence-electron chi connectivity index (χ0n) is 15.7. The van der Waals surface area contributed by atoms with E-state index in [0.717, 1.165) is 0 Å². The Labute approximate surface area is 159 Å². The van der Waals surface area contributed by atoms with Crippen LogP contribution in [0.15, 0.2) is 42.5 Å². The highest BCUT2D eigenvalue weighted by Gasteiger charge is 2.21. The van der Waals surface area contributed by atoms with Crippen LogP contribution in [0.25, 0.3) is 0 Å². The molecule has 0 aliphatic rings. The predicted molar refractivity (Wildman–Crippen MR) is 103 cm³/mol. The third kappa shape index (κ3) is 5.93. The minimum Gasteiger partial charge on any atom is -0.494 e. The molecule has 2 aromatic carbocycles. The normalized spacial score (nSPS) is 11.5. The van der Waals surface area contributed by atoms with E-state index in [-0.39, 0.29) is 0 Å². The number of nitrogens with zero attached hydrogens (tertiary/aromatic N) is 1. The third-order valence-corrected chi connectivity index (χ3v) is 3.70. The van der Waals surface area contributed by atoms with Gasteiger partial charge >= 0.3 is 5.97 Å². The van der Waals surface area contributed by atoms with Crippen molar-refractivity contribution in [1.82, 2.24) is 0 Å². The van der Waals surface area contributed by atoms with Gasteiger partial charge in [-0.1, -0.05) is 13.8 Å². The van der Waals surface area contributed by atoms with Crippen LogP contribution in [-0.4, -0.2) is 24.3 Å². The third-order valence-electron chi connectivity index (χ3n) is 3.70. The maximum Gasteiger partial charge on any atom is 0.330 e. The van der Waals surface area contributed by atoms with Crippen molar-refractivity contribution in [3.63, 3.8) is 0 Å². The van der Waals surface area contributed by atoms with Crippen molar-refractivity contribution in [2.24, 2.45) is 5.92 Å². The van der Waals surface area contributed by atoms with E-state index in [1.165, 1.54) is 0 Å². The number of nitriles is 1. The van der Waals surface area contributed by atoms with Crippen LogP contribution in [0.4, 0.5) is 5.69 Å². The van der Waals surface area contributed by atoms with Gasteiger partial charge in [0.25, 0.3) is 0 Å². The van der Waals surface area contributed by atoms with E-state index in [1.807, 2.05) is 26.8 Å². The van der Waals surface area contributed by atoms with Gasteiger partial charge in [0.2, 0.25) is 0 Å². The van der Waals surface area contributed by atoms with Crippen molar-refractivity contribution in [3.8, 4) is 17.6 Å². The Morgan fingerprint density at radius 3 is 2.30 bits per heavy atom. The molecule has 2 aromatic rings. The molecule has 0 fully saturated rings.